The Balaban J connectivity index is 2.31. The first-order valence-corrected chi connectivity index (χ1v) is 6.85. The molecule has 19 heavy (non-hydrogen) atoms. The molecule has 0 aliphatic rings. The molecular weight excluding hydrogens is 288 g/mol. The van der Waals surface area contributed by atoms with E-state index in [0.29, 0.717) is 9.92 Å². The molecule has 2 N–H and O–H groups in total. The van der Waals surface area contributed by atoms with Crippen LogP contribution in [0.25, 0.3) is 0 Å². The van der Waals surface area contributed by atoms with E-state index in [1.54, 1.807) is 12.1 Å². The minimum absolute atomic E-state index is 0.123. The van der Waals surface area contributed by atoms with Crippen molar-refractivity contribution in [1.29, 1.82) is 0 Å². The third-order valence-corrected chi connectivity index (χ3v) is 4.13. The number of benzene rings is 2. The zero-order valence-electron chi connectivity index (χ0n) is 10.2. The highest BCUT2D eigenvalue weighted by Crippen LogP contribution is 2.36. The van der Waals surface area contributed by atoms with Crippen molar-refractivity contribution in [3.63, 3.8) is 0 Å². The van der Waals surface area contributed by atoms with Gasteiger partial charge in [0.2, 0.25) is 0 Å². The summed E-state index contributed by atoms with van der Waals surface area (Å²) in [6, 6.07) is 8.54. The van der Waals surface area contributed by atoms with E-state index >= 15 is 0 Å². The molecule has 100 valence electrons. The molecule has 2 rings (SSSR count). The first-order chi connectivity index (χ1) is 8.97. The molecule has 5 heteroatoms. The topological polar surface area (TPSA) is 26.0 Å². The largest absolute Gasteiger partial charge is 0.324 e. The first kappa shape index (κ1) is 14.3. The Labute approximate surface area is 119 Å². The summed E-state index contributed by atoms with van der Waals surface area (Å²) in [4.78, 5) is 0.867. The van der Waals surface area contributed by atoms with Crippen LogP contribution >= 0.6 is 23.4 Å². The van der Waals surface area contributed by atoms with Gasteiger partial charge >= 0.3 is 0 Å². The lowest BCUT2D eigenvalue weighted by Crippen LogP contribution is -2.04. The van der Waals surface area contributed by atoms with Gasteiger partial charge in [0.25, 0.3) is 0 Å². The van der Waals surface area contributed by atoms with Crippen molar-refractivity contribution in [3.05, 3.63) is 58.6 Å². The van der Waals surface area contributed by atoms with E-state index in [1.807, 2.05) is 13.0 Å². The zero-order valence-corrected chi connectivity index (χ0v) is 11.7. The Kier molecular flexibility index (Phi) is 4.45. The third kappa shape index (κ3) is 3.47. The average Bonchev–Trinajstić information content (AvgIpc) is 2.36. The molecule has 0 radical (unpaired) electrons. The number of rotatable bonds is 3. The molecule has 0 heterocycles. The highest BCUT2D eigenvalue weighted by Gasteiger charge is 2.10. The molecule has 1 unspecified atom stereocenters. The molecule has 0 aliphatic carbocycles. The molecule has 0 aromatic heterocycles. The summed E-state index contributed by atoms with van der Waals surface area (Å²) in [6.07, 6.45) is 0. The van der Waals surface area contributed by atoms with Crippen LogP contribution in [0.2, 0.25) is 5.02 Å². The van der Waals surface area contributed by atoms with Crippen LogP contribution in [0, 0.1) is 11.6 Å². The van der Waals surface area contributed by atoms with Gasteiger partial charge in [-0.05, 0) is 42.8 Å². The molecule has 0 amide bonds. The van der Waals surface area contributed by atoms with Gasteiger partial charge < -0.3 is 5.73 Å². The Morgan fingerprint density at radius 3 is 2.47 bits per heavy atom. The van der Waals surface area contributed by atoms with Gasteiger partial charge in [-0.15, -0.1) is 0 Å². The molecule has 0 spiro atoms. The van der Waals surface area contributed by atoms with E-state index in [-0.39, 0.29) is 10.9 Å². The lowest BCUT2D eigenvalue weighted by Gasteiger charge is -2.10. The predicted molar refractivity (Wildman–Crippen MR) is 74.5 cm³/mol. The van der Waals surface area contributed by atoms with Crippen LogP contribution in [0.3, 0.4) is 0 Å². The summed E-state index contributed by atoms with van der Waals surface area (Å²) < 4.78 is 26.6. The number of halogens is 3. The fraction of sp³-hybridized carbons (Fsp3) is 0.143. The fourth-order valence-electron chi connectivity index (χ4n) is 1.56. The Morgan fingerprint density at radius 1 is 1.11 bits per heavy atom. The van der Waals surface area contributed by atoms with Crippen LogP contribution < -0.4 is 5.73 Å². The maximum Gasteiger partial charge on any atom is 0.137 e. The number of hydrogen-bond donors (Lipinski definition) is 1. The van der Waals surface area contributed by atoms with Crippen LogP contribution in [0.4, 0.5) is 8.78 Å². The fourth-order valence-corrected chi connectivity index (χ4v) is 2.73. The summed E-state index contributed by atoms with van der Waals surface area (Å²) in [5, 5.41) is 0.475. The van der Waals surface area contributed by atoms with Crippen molar-refractivity contribution >= 4 is 23.4 Å². The Morgan fingerprint density at radius 2 is 1.84 bits per heavy atom. The van der Waals surface area contributed by atoms with E-state index in [0.717, 1.165) is 35.5 Å². The average molecular weight is 300 g/mol. The van der Waals surface area contributed by atoms with Gasteiger partial charge in [-0.1, -0.05) is 29.4 Å². The zero-order chi connectivity index (χ0) is 14.0. The normalized spacial score (nSPS) is 12.5. The van der Waals surface area contributed by atoms with Gasteiger partial charge in [-0.3, -0.25) is 0 Å². The standard InChI is InChI=1S/C14H12ClF2NS/c1-8(18)9-2-5-13(11(15)6-9)19-14-7-10(16)3-4-12(14)17/h2-8H,18H2,1H3. The van der Waals surface area contributed by atoms with Crippen molar-refractivity contribution in [2.45, 2.75) is 22.8 Å². The lowest BCUT2D eigenvalue weighted by atomic mass is 10.1. The van der Waals surface area contributed by atoms with Crippen LogP contribution in [-0.2, 0) is 0 Å². The van der Waals surface area contributed by atoms with Crippen molar-refractivity contribution in [3.8, 4) is 0 Å². The van der Waals surface area contributed by atoms with Crippen molar-refractivity contribution in [2.24, 2.45) is 5.73 Å². The van der Waals surface area contributed by atoms with E-state index in [2.05, 4.69) is 0 Å². The second kappa shape index (κ2) is 5.90. The van der Waals surface area contributed by atoms with Crippen LogP contribution in [-0.4, -0.2) is 0 Å². The second-order valence-corrected chi connectivity index (χ2v) is 5.65. The summed E-state index contributed by atoms with van der Waals surface area (Å²) in [7, 11) is 0. The molecule has 0 fully saturated rings. The second-order valence-electron chi connectivity index (χ2n) is 4.16. The van der Waals surface area contributed by atoms with Gasteiger partial charge in [0.05, 0.1) is 9.92 Å². The highest BCUT2D eigenvalue weighted by atomic mass is 35.5. The molecule has 1 atom stereocenters. The number of nitrogens with two attached hydrogens (primary N) is 1. The highest BCUT2D eigenvalue weighted by molar-refractivity contribution is 7.99. The first-order valence-electron chi connectivity index (χ1n) is 5.65. The smallest absolute Gasteiger partial charge is 0.137 e. The lowest BCUT2D eigenvalue weighted by molar-refractivity contribution is 0.577. The maximum absolute atomic E-state index is 13.5. The summed E-state index contributed by atoms with van der Waals surface area (Å²) in [5.74, 6) is -0.953. The van der Waals surface area contributed by atoms with Gasteiger partial charge in [0.1, 0.15) is 11.6 Å². The third-order valence-electron chi connectivity index (χ3n) is 2.59. The van der Waals surface area contributed by atoms with Gasteiger partial charge in [-0.2, -0.15) is 0 Å². The quantitative estimate of drug-likeness (QED) is 0.882. The Hall–Kier alpha value is -1.10. The van der Waals surface area contributed by atoms with E-state index in [4.69, 9.17) is 17.3 Å². The summed E-state index contributed by atoms with van der Waals surface area (Å²) in [5.41, 5.74) is 6.65. The molecule has 1 nitrogen and oxygen atoms in total. The molecule has 0 saturated carbocycles. The molecule has 0 saturated heterocycles. The van der Waals surface area contributed by atoms with Gasteiger partial charge in [0, 0.05) is 10.9 Å². The molecule has 2 aromatic carbocycles. The van der Waals surface area contributed by atoms with E-state index < -0.39 is 11.6 Å². The Bertz CT molecular complexity index is 602. The van der Waals surface area contributed by atoms with E-state index in [9.17, 15) is 8.78 Å². The van der Waals surface area contributed by atoms with Crippen molar-refractivity contribution < 1.29 is 8.78 Å². The SMILES string of the molecule is CC(N)c1ccc(Sc2cc(F)ccc2F)c(Cl)c1. The van der Waals surface area contributed by atoms with E-state index in [1.165, 1.54) is 0 Å². The molecular formula is C14H12ClF2NS. The van der Waals surface area contributed by atoms with Crippen LogP contribution in [0.5, 0.6) is 0 Å². The van der Waals surface area contributed by atoms with Crippen molar-refractivity contribution in [2.75, 3.05) is 0 Å². The van der Waals surface area contributed by atoms with Crippen molar-refractivity contribution in [1.82, 2.24) is 0 Å². The minimum Gasteiger partial charge on any atom is -0.324 e. The molecule has 0 aliphatic heterocycles. The van der Waals surface area contributed by atoms with Crippen LogP contribution in [0.15, 0.2) is 46.2 Å². The predicted octanol–water partition coefficient (Wildman–Crippen LogP) is 4.79. The summed E-state index contributed by atoms with van der Waals surface area (Å²) >= 11 is 7.21. The maximum atomic E-state index is 13.5. The minimum atomic E-state index is -0.479. The van der Waals surface area contributed by atoms with Gasteiger partial charge in [0.15, 0.2) is 0 Å². The monoisotopic (exact) mass is 299 g/mol. The summed E-state index contributed by atoms with van der Waals surface area (Å²) in [6.45, 7) is 1.85. The molecule has 0 bridgehead atoms. The number of hydrogen-bond acceptors (Lipinski definition) is 2. The van der Waals surface area contributed by atoms with Gasteiger partial charge in [-0.25, -0.2) is 8.78 Å². The molecule has 2 aromatic rings. The van der Waals surface area contributed by atoms with Crippen LogP contribution in [0.1, 0.15) is 18.5 Å².